The smallest absolute Gasteiger partial charge is 0.142 e. The highest BCUT2D eigenvalue weighted by Gasteiger charge is 2.75. The Labute approximate surface area is 151 Å². The molecule has 142 valence electrons. The molecule has 0 aliphatic heterocycles. The molecule has 0 aromatic carbocycles. The Hall–Kier alpha value is -0.450. The Bertz CT molecular complexity index is 562. The zero-order valence-corrected chi connectivity index (χ0v) is 16.2. The number of hydrogen-bond acceptors (Lipinski definition) is 4. The third kappa shape index (κ3) is 2.20. The lowest BCUT2D eigenvalue weighted by Crippen LogP contribution is -2.56. The molecule has 1 N–H and O–H groups in total. The summed E-state index contributed by atoms with van der Waals surface area (Å²) in [6.07, 6.45) is 6.65. The second-order valence-corrected chi connectivity index (χ2v) is 9.69. The van der Waals surface area contributed by atoms with E-state index in [9.17, 15) is 9.90 Å². The van der Waals surface area contributed by atoms with Crippen molar-refractivity contribution in [2.75, 3.05) is 20.8 Å². The van der Waals surface area contributed by atoms with Gasteiger partial charge in [0.1, 0.15) is 5.78 Å². The summed E-state index contributed by atoms with van der Waals surface area (Å²) in [4.78, 5) is 13.6. The van der Waals surface area contributed by atoms with Crippen molar-refractivity contribution < 1.29 is 19.4 Å². The molecule has 0 aromatic heterocycles. The van der Waals surface area contributed by atoms with Crippen molar-refractivity contribution in [1.82, 2.24) is 0 Å². The number of carbonyl (C=O) groups excluding carboxylic acids is 1. The van der Waals surface area contributed by atoms with Crippen molar-refractivity contribution in [2.45, 2.75) is 71.0 Å². The largest absolute Gasteiger partial charge is 0.392 e. The average molecular weight is 350 g/mol. The molecular formula is C21H34O4. The first-order valence-corrected chi connectivity index (χ1v) is 10.1. The summed E-state index contributed by atoms with van der Waals surface area (Å²) in [7, 11) is 3.50. The molecule has 25 heavy (non-hydrogen) atoms. The van der Waals surface area contributed by atoms with E-state index in [1.807, 2.05) is 7.11 Å². The van der Waals surface area contributed by atoms with Crippen LogP contribution in [0.2, 0.25) is 0 Å². The molecule has 0 radical (unpaired) electrons. The summed E-state index contributed by atoms with van der Waals surface area (Å²) < 4.78 is 11.2. The maximum absolute atomic E-state index is 13.6. The first-order valence-electron chi connectivity index (χ1n) is 10.1. The first kappa shape index (κ1) is 17.9. The number of aliphatic hydroxyl groups excluding tert-OH is 1. The number of Topliss-reactive ketones (excluding diaryl/α,β-unsaturated/α-hetero) is 1. The molecule has 4 nitrogen and oxygen atoms in total. The highest BCUT2D eigenvalue weighted by molar-refractivity contribution is 5.87. The van der Waals surface area contributed by atoms with Crippen LogP contribution >= 0.6 is 0 Å². The lowest BCUT2D eigenvalue weighted by Gasteiger charge is -2.54. The van der Waals surface area contributed by atoms with Gasteiger partial charge in [0.2, 0.25) is 0 Å². The monoisotopic (exact) mass is 350 g/mol. The van der Waals surface area contributed by atoms with Gasteiger partial charge in [-0.1, -0.05) is 13.8 Å². The van der Waals surface area contributed by atoms with Crippen LogP contribution in [-0.2, 0) is 14.3 Å². The van der Waals surface area contributed by atoms with Crippen LogP contribution in [0.1, 0.15) is 58.8 Å². The normalized spacial score (nSPS) is 54.4. The van der Waals surface area contributed by atoms with Crippen molar-refractivity contribution in [1.29, 1.82) is 0 Å². The van der Waals surface area contributed by atoms with Crippen LogP contribution in [0, 0.1) is 34.0 Å². The van der Waals surface area contributed by atoms with Crippen molar-refractivity contribution in [3.05, 3.63) is 0 Å². The van der Waals surface area contributed by atoms with Crippen molar-refractivity contribution >= 4 is 5.78 Å². The molecule has 2 unspecified atom stereocenters. The van der Waals surface area contributed by atoms with Gasteiger partial charge in [0, 0.05) is 37.6 Å². The Morgan fingerprint density at radius 2 is 1.92 bits per heavy atom. The summed E-state index contributed by atoms with van der Waals surface area (Å²) in [5.41, 5.74) is -0.450. The van der Waals surface area contributed by atoms with E-state index in [1.54, 1.807) is 7.11 Å². The zero-order chi connectivity index (χ0) is 18.0. The molecule has 8 atom stereocenters. The number of methoxy groups -OCH3 is 2. The predicted molar refractivity (Wildman–Crippen MR) is 95.1 cm³/mol. The quantitative estimate of drug-likeness (QED) is 0.846. The summed E-state index contributed by atoms with van der Waals surface area (Å²) >= 11 is 0. The molecule has 0 aromatic rings. The van der Waals surface area contributed by atoms with E-state index in [0.717, 1.165) is 25.7 Å². The highest BCUT2D eigenvalue weighted by atomic mass is 16.5. The third-order valence-electron chi connectivity index (χ3n) is 8.90. The number of rotatable bonds is 4. The molecule has 0 heterocycles. The van der Waals surface area contributed by atoms with Gasteiger partial charge in [0.05, 0.1) is 12.2 Å². The van der Waals surface area contributed by atoms with Crippen molar-refractivity contribution in [3.63, 3.8) is 0 Å². The highest BCUT2D eigenvalue weighted by Crippen LogP contribution is 2.77. The minimum absolute atomic E-state index is 0.00127. The summed E-state index contributed by atoms with van der Waals surface area (Å²) in [6.45, 7) is 4.82. The van der Waals surface area contributed by atoms with Crippen LogP contribution in [-0.4, -0.2) is 43.9 Å². The molecule has 2 bridgehead atoms. The molecule has 1 spiro atoms. The van der Waals surface area contributed by atoms with Crippen LogP contribution in [0.15, 0.2) is 0 Å². The molecule has 4 aliphatic carbocycles. The van der Waals surface area contributed by atoms with Gasteiger partial charge in [0.15, 0.2) is 0 Å². The summed E-state index contributed by atoms with van der Waals surface area (Å²) in [5.74, 6) is 1.37. The van der Waals surface area contributed by atoms with E-state index in [-0.39, 0.29) is 22.9 Å². The van der Waals surface area contributed by atoms with Crippen LogP contribution < -0.4 is 0 Å². The molecule has 4 aliphatic rings. The van der Waals surface area contributed by atoms with Gasteiger partial charge >= 0.3 is 0 Å². The maximum Gasteiger partial charge on any atom is 0.142 e. The zero-order valence-electron chi connectivity index (χ0n) is 16.2. The van der Waals surface area contributed by atoms with Gasteiger partial charge in [-0.15, -0.1) is 0 Å². The predicted octanol–water partition coefficient (Wildman–Crippen LogP) is 3.21. The van der Waals surface area contributed by atoms with Crippen molar-refractivity contribution in [3.8, 4) is 0 Å². The Morgan fingerprint density at radius 1 is 1.20 bits per heavy atom. The third-order valence-corrected chi connectivity index (χ3v) is 8.90. The van der Waals surface area contributed by atoms with Gasteiger partial charge in [-0.05, 0) is 62.2 Å². The minimum atomic E-state index is -0.477. The van der Waals surface area contributed by atoms with Crippen molar-refractivity contribution in [2.24, 2.45) is 34.0 Å². The summed E-state index contributed by atoms with van der Waals surface area (Å²) in [6, 6.07) is 0. The SMILES string of the molecule is COCC[C@]1(C)C[C@@H](O)[C@]23C[C@@H]2CCC2(CC[C@@H](OC)C23)[C@@H](C)C1=O. The molecular weight excluding hydrogens is 316 g/mol. The van der Waals surface area contributed by atoms with E-state index < -0.39 is 11.5 Å². The van der Waals surface area contributed by atoms with E-state index in [1.165, 1.54) is 6.42 Å². The number of ether oxygens (including phenoxy) is 2. The maximum atomic E-state index is 13.6. The molecule has 4 rings (SSSR count). The second kappa shape index (κ2) is 5.77. The fraction of sp³-hybridized carbons (Fsp3) is 0.952. The standard InChI is InChI=1S/C21H34O4/c1-13-18(23)19(2,9-10-24-3)12-16(22)21-11-14(21)5-7-20(13)8-6-15(25-4)17(20)21/h13-17,22H,5-12H2,1-4H3/t13-,14-,15+,16+,17?,19+,20?,21-/m0/s1. The lowest BCUT2D eigenvalue weighted by atomic mass is 9.50. The van der Waals surface area contributed by atoms with Crippen LogP contribution in [0.25, 0.3) is 0 Å². The number of aliphatic hydroxyl groups is 1. The number of carbonyl (C=O) groups is 1. The fourth-order valence-corrected chi connectivity index (χ4v) is 7.45. The number of ketones is 1. The van der Waals surface area contributed by atoms with Crippen LogP contribution in [0.4, 0.5) is 0 Å². The summed E-state index contributed by atoms with van der Waals surface area (Å²) in [5, 5.41) is 11.4. The van der Waals surface area contributed by atoms with Crippen LogP contribution in [0.5, 0.6) is 0 Å². The average Bonchev–Trinajstić information content (AvgIpc) is 3.24. The first-order chi connectivity index (χ1) is 11.9. The van der Waals surface area contributed by atoms with Crippen LogP contribution in [0.3, 0.4) is 0 Å². The van der Waals surface area contributed by atoms with E-state index >= 15 is 0 Å². The van der Waals surface area contributed by atoms with Gasteiger partial charge in [-0.25, -0.2) is 0 Å². The topological polar surface area (TPSA) is 55.8 Å². The van der Waals surface area contributed by atoms with Gasteiger partial charge in [0.25, 0.3) is 0 Å². The minimum Gasteiger partial charge on any atom is -0.392 e. The van der Waals surface area contributed by atoms with Gasteiger partial charge in [-0.3, -0.25) is 4.79 Å². The Balaban J connectivity index is 1.79. The molecule has 4 saturated carbocycles. The van der Waals surface area contributed by atoms with E-state index in [4.69, 9.17) is 9.47 Å². The van der Waals surface area contributed by atoms with Gasteiger partial charge < -0.3 is 14.6 Å². The van der Waals surface area contributed by atoms with Gasteiger partial charge in [-0.2, -0.15) is 0 Å². The lowest BCUT2D eigenvalue weighted by molar-refractivity contribution is -0.161. The van der Waals surface area contributed by atoms with E-state index in [0.29, 0.717) is 37.1 Å². The molecule has 4 heteroatoms. The molecule has 4 fully saturated rings. The van der Waals surface area contributed by atoms with E-state index in [2.05, 4.69) is 13.8 Å². The Morgan fingerprint density at radius 3 is 2.60 bits per heavy atom. The molecule has 0 saturated heterocycles. The second-order valence-electron chi connectivity index (χ2n) is 9.69. The molecule has 0 amide bonds. The fourth-order valence-electron chi connectivity index (χ4n) is 7.45. The number of hydrogen-bond donors (Lipinski definition) is 1. The Kier molecular flexibility index (Phi) is 4.14.